The maximum absolute atomic E-state index is 9.33. The fourth-order valence-corrected chi connectivity index (χ4v) is 2.04. The Hall–Kier alpha value is -0.820. The molecule has 0 atom stereocenters. The fraction of sp³-hybridized carbons (Fsp3) is 0.562. The third kappa shape index (κ3) is 5.82. The minimum absolute atomic E-state index is 0. The van der Waals surface area contributed by atoms with Crippen LogP contribution in [0.15, 0.2) is 29.3 Å². The Bertz CT molecular complexity index is 455. The fourth-order valence-electron chi connectivity index (χ4n) is 2.04. The number of aryl methyl sites for hydroxylation is 1. The van der Waals surface area contributed by atoms with Crippen molar-refractivity contribution in [2.45, 2.75) is 33.2 Å². The van der Waals surface area contributed by atoms with Crippen molar-refractivity contribution >= 4 is 29.9 Å². The van der Waals surface area contributed by atoms with Gasteiger partial charge >= 0.3 is 0 Å². The second-order valence-corrected chi connectivity index (χ2v) is 5.69. The van der Waals surface area contributed by atoms with Crippen LogP contribution in [0.3, 0.4) is 0 Å². The highest BCUT2D eigenvalue weighted by Gasteiger charge is 2.41. The van der Waals surface area contributed by atoms with Crippen LogP contribution in [0.5, 0.6) is 0 Å². The van der Waals surface area contributed by atoms with Crippen molar-refractivity contribution in [1.29, 1.82) is 0 Å². The molecule has 0 aromatic heterocycles. The Morgan fingerprint density at radius 3 is 2.43 bits per heavy atom. The van der Waals surface area contributed by atoms with Gasteiger partial charge in [0.1, 0.15) is 0 Å². The van der Waals surface area contributed by atoms with Crippen LogP contribution in [0.4, 0.5) is 0 Å². The van der Waals surface area contributed by atoms with Gasteiger partial charge in [-0.3, -0.25) is 0 Å². The summed E-state index contributed by atoms with van der Waals surface area (Å²) < 4.78 is 0. The van der Waals surface area contributed by atoms with Gasteiger partial charge in [-0.05, 0) is 32.3 Å². The van der Waals surface area contributed by atoms with Gasteiger partial charge in [0.2, 0.25) is 0 Å². The largest absolute Gasteiger partial charge is 0.396 e. The number of hydrogen-bond acceptors (Lipinski definition) is 2. The van der Waals surface area contributed by atoms with Crippen molar-refractivity contribution in [2.75, 3.05) is 19.7 Å². The Kier molecular flexibility index (Phi) is 7.45. The zero-order valence-electron chi connectivity index (χ0n) is 12.9. The van der Waals surface area contributed by atoms with Crippen LogP contribution >= 0.6 is 24.0 Å². The summed E-state index contributed by atoms with van der Waals surface area (Å²) in [7, 11) is 0. The molecule has 0 aliphatic heterocycles. The summed E-state index contributed by atoms with van der Waals surface area (Å²) in [5.41, 5.74) is 2.57. The van der Waals surface area contributed by atoms with Gasteiger partial charge < -0.3 is 15.7 Å². The molecule has 1 aromatic rings. The molecule has 5 heteroatoms. The van der Waals surface area contributed by atoms with Gasteiger partial charge in [0.15, 0.2) is 5.96 Å². The maximum atomic E-state index is 9.33. The zero-order valence-corrected chi connectivity index (χ0v) is 15.2. The van der Waals surface area contributed by atoms with Crippen molar-refractivity contribution in [3.63, 3.8) is 0 Å². The van der Waals surface area contributed by atoms with Crippen LogP contribution in [0.25, 0.3) is 0 Å². The van der Waals surface area contributed by atoms with Crippen molar-refractivity contribution < 1.29 is 5.11 Å². The molecule has 3 N–H and O–H groups in total. The number of benzene rings is 1. The molecule has 21 heavy (non-hydrogen) atoms. The molecule has 1 fully saturated rings. The molecule has 0 radical (unpaired) electrons. The van der Waals surface area contributed by atoms with Crippen LogP contribution in [0.1, 0.15) is 30.9 Å². The molecule has 4 nitrogen and oxygen atoms in total. The van der Waals surface area contributed by atoms with Crippen molar-refractivity contribution in [3.8, 4) is 0 Å². The molecule has 1 aliphatic rings. The lowest BCUT2D eigenvalue weighted by atomic mass is 10.1. The quantitative estimate of drug-likeness (QED) is 0.389. The van der Waals surface area contributed by atoms with Gasteiger partial charge in [-0.1, -0.05) is 29.8 Å². The molecular formula is C16H26IN3O. The second kappa shape index (κ2) is 8.58. The predicted molar refractivity (Wildman–Crippen MR) is 98.2 cm³/mol. The predicted octanol–water partition coefficient (Wildman–Crippen LogP) is 2.44. The van der Waals surface area contributed by atoms with E-state index < -0.39 is 0 Å². The normalized spacial score (nSPS) is 16.0. The van der Waals surface area contributed by atoms with Crippen LogP contribution in [0, 0.1) is 12.3 Å². The summed E-state index contributed by atoms with van der Waals surface area (Å²) in [5, 5.41) is 15.9. The molecule has 2 rings (SSSR count). The van der Waals surface area contributed by atoms with Gasteiger partial charge in [-0.25, -0.2) is 4.99 Å². The van der Waals surface area contributed by atoms with Crippen molar-refractivity contribution in [2.24, 2.45) is 10.4 Å². The maximum Gasteiger partial charge on any atom is 0.191 e. The average molecular weight is 403 g/mol. The summed E-state index contributed by atoms with van der Waals surface area (Å²) >= 11 is 0. The minimum atomic E-state index is 0. The van der Waals surface area contributed by atoms with Gasteiger partial charge in [0, 0.05) is 18.5 Å². The lowest BCUT2D eigenvalue weighted by Gasteiger charge is -2.16. The number of nitrogens with zero attached hydrogens (tertiary/aromatic N) is 1. The summed E-state index contributed by atoms with van der Waals surface area (Å²) in [6.45, 7) is 6.71. The SMILES string of the molecule is CCNC(=NCc1ccc(C)cc1)NCC1(CO)CC1.I. The zero-order chi connectivity index (χ0) is 14.4. The number of aliphatic hydroxyl groups is 1. The van der Waals surface area contributed by atoms with Gasteiger partial charge in [0.25, 0.3) is 0 Å². The Labute approximate surface area is 144 Å². The molecule has 1 saturated carbocycles. The highest BCUT2D eigenvalue weighted by molar-refractivity contribution is 14.0. The summed E-state index contributed by atoms with van der Waals surface area (Å²) in [6.07, 6.45) is 2.21. The third-order valence-electron chi connectivity index (χ3n) is 3.81. The smallest absolute Gasteiger partial charge is 0.191 e. The van der Waals surface area contributed by atoms with E-state index in [1.807, 2.05) is 0 Å². The summed E-state index contributed by atoms with van der Waals surface area (Å²) in [5.74, 6) is 0.827. The van der Waals surface area contributed by atoms with E-state index in [0.29, 0.717) is 6.54 Å². The molecule has 0 bridgehead atoms. The van der Waals surface area contributed by atoms with Gasteiger partial charge in [0.05, 0.1) is 13.2 Å². The van der Waals surface area contributed by atoms with E-state index in [-0.39, 0.29) is 36.0 Å². The highest BCUT2D eigenvalue weighted by Crippen LogP contribution is 2.44. The lowest BCUT2D eigenvalue weighted by Crippen LogP contribution is -2.41. The van der Waals surface area contributed by atoms with E-state index >= 15 is 0 Å². The van der Waals surface area contributed by atoms with Crippen molar-refractivity contribution in [3.05, 3.63) is 35.4 Å². The summed E-state index contributed by atoms with van der Waals surface area (Å²) in [6, 6.07) is 8.43. The Morgan fingerprint density at radius 2 is 1.90 bits per heavy atom. The second-order valence-electron chi connectivity index (χ2n) is 5.69. The molecule has 1 aliphatic carbocycles. The monoisotopic (exact) mass is 403 g/mol. The first kappa shape index (κ1) is 18.2. The Balaban J connectivity index is 0.00000220. The summed E-state index contributed by atoms with van der Waals surface area (Å²) in [4.78, 5) is 4.59. The molecule has 0 amide bonds. The van der Waals surface area contributed by atoms with E-state index in [1.165, 1.54) is 11.1 Å². The number of aliphatic imine (C=N–C) groups is 1. The van der Waals surface area contributed by atoms with E-state index in [1.54, 1.807) is 0 Å². The van der Waals surface area contributed by atoms with E-state index in [9.17, 15) is 5.11 Å². The number of nitrogens with one attached hydrogen (secondary N) is 2. The molecule has 0 heterocycles. The lowest BCUT2D eigenvalue weighted by molar-refractivity contribution is 0.212. The first-order valence-corrected chi connectivity index (χ1v) is 7.36. The Morgan fingerprint density at radius 1 is 1.24 bits per heavy atom. The first-order valence-electron chi connectivity index (χ1n) is 7.36. The van der Waals surface area contributed by atoms with Crippen LogP contribution < -0.4 is 10.6 Å². The molecule has 118 valence electrons. The van der Waals surface area contributed by atoms with E-state index in [4.69, 9.17) is 0 Å². The van der Waals surface area contributed by atoms with Crippen LogP contribution in [-0.2, 0) is 6.54 Å². The molecular weight excluding hydrogens is 377 g/mol. The number of hydrogen-bond donors (Lipinski definition) is 3. The standard InChI is InChI=1S/C16H25N3O.HI/c1-3-17-15(19-11-16(12-20)8-9-16)18-10-14-6-4-13(2)5-7-14;/h4-7,20H,3,8-12H2,1-2H3,(H2,17,18,19);1H. The van der Waals surface area contributed by atoms with E-state index in [0.717, 1.165) is 31.9 Å². The molecule has 0 spiro atoms. The van der Waals surface area contributed by atoms with Gasteiger partial charge in [-0.2, -0.15) is 0 Å². The molecule has 0 saturated heterocycles. The number of halogens is 1. The van der Waals surface area contributed by atoms with Crippen LogP contribution in [-0.4, -0.2) is 30.8 Å². The van der Waals surface area contributed by atoms with Gasteiger partial charge in [-0.15, -0.1) is 24.0 Å². The topological polar surface area (TPSA) is 56.7 Å². The minimum Gasteiger partial charge on any atom is -0.396 e. The van der Waals surface area contributed by atoms with Crippen LogP contribution in [0.2, 0.25) is 0 Å². The van der Waals surface area contributed by atoms with Crippen molar-refractivity contribution in [1.82, 2.24) is 10.6 Å². The number of guanidine groups is 1. The van der Waals surface area contributed by atoms with E-state index in [2.05, 4.69) is 53.7 Å². The average Bonchev–Trinajstić information content (AvgIpc) is 3.24. The first-order chi connectivity index (χ1) is 9.67. The third-order valence-corrected chi connectivity index (χ3v) is 3.81. The highest BCUT2D eigenvalue weighted by atomic mass is 127. The molecule has 1 aromatic carbocycles. The number of aliphatic hydroxyl groups excluding tert-OH is 1. The number of rotatable bonds is 6. The molecule has 0 unspecified atom stereocenters.